The molecule has 38 valence electrons. The van der Waals surface area contributed by atoms with Gasteiger partial charge in [0.15, 0.2) is 0 Å². The summed E-state index contributed by atoms with van der Waals surface area (Å²) in [5, 5.41) is 0. The van der Waals surface area contributed by atoms with E-state index in [1.807, 2.05) is 0 Å². The molecule has 0 aromatic rings. The van der Waals surface area contributed by atoms with Gasteiger partial charge in [0.1, 0.15) is 0 Å². The van der Waals surface area contributed by atoms with Gasteiger partial charge in [-0.05, 0) is 0 Å². The zero-order valence-corrected chi connectivity index (χ0v) is 10.6. The second-order valence-electron chi connectivity index (χ2n) is 0.408. The van der Waals surface area contributed by atoms with E-state index in [1.54, 1.807) is 0 Å². The summed E-state index contributed by atoms with van der Waals surface area (Å²) in [6.45, 7) is 0. The summed E-state index contributed by atoms with van der Waals surface area (Å²) in [7, 11) is 0. The Hall–Kier alpha value is 2.26. The van der Waals surface area contributed by atoms with Crippen LogP contribution in [0.5, 0.6) is 0 Å². The first-order chi connectivity index (χ1) is 2.00. The van der Waals surface area contributed by atoms with Crippen molar-refractivity contribution in [2.75, 3.05) is 0 Å². The molecule has 0 aliphatic rings. The molecule has 0 bridgehead atoms. The first kappa shape index (κ1) is 16.1. The van der Waals surface area contributed by atoms with Crippen molar-refractivity contribution < 1.29 is 34.2 Å². The monoisotopic (exact) mass is 418 g/mol. The van der Waals surface area contributed by atoms with E-state index >= 15 is 0 Å². The first-order valence-electron chi connectivity index (χ1n) is 0.667. The van der Waals surface area contributed by atoms with Crippen LogP contribution >= 0.6 is 0 Å². The SMILES string of the molecule is O=[Te](=O)([O-])[O-].[Ca+2].[W]. The molecular formula is CaO4TeW. The average molecular weight is 416 g/mol. The minimum Gasteiger partial charge on any atom is 0 e. The molecule has 0 radical (unpaired) electrons. The van der Waals surface area contributed by atoms with Crippen molar-refractivity contribution in [3.05, 3.63) is 0 Å². The minimum absolute atomic E-state index is 0. The fraction of sp³-hybridized carbons (Fsp3) is 0. The number of hydrogen-bond acceptors (Lipinski definition) is 4. The van der Waals surface area contributed by atoms with Gasteiger partial charge >= 0.3 is 69.9 Å². The fourth-order valence-corrected chi connectivity index (χ4v) is 0. The van der Waals surface area contributed by atoms with E-state index in [4.69, 9.17) is 13.2 Å². The van der Waals surface area contributed by atoms with Gasteiger partial charge in [-0.25, -0.2) is 0 Å². The van der Waals surface area contributed by atoms with Crippen molar-refractivity contribution >= 4 is 56.7 Å². The summed E-state index contributed by atoms with van der Waals surface area (Å²) >= 11 is -6.02. The van der Waals surface area contributed by atoms with Crippen LogP contribution in [0, 0.1) is 0 Å². The Morgan fingerprint density at radius 1 is 1.14 bits per heavy atom. The molecule has 7 heteroatoms. The molecule has 0 unspecified atom stereocenters. The quantitative estimate of drug-likeness (QED) is 0.387. The number of hydrogen-bond donors (Lipinski definition) is 0. The van der Waals surface area contributed by atoms with E-state index in [9.17, 15) is 0 Å². The Bertz CT molecular complexity index is 94.9. The molecule has 0 rings (SSSR count). The molecule has 0 amide bonds. The zero-order chi connectivity index (χ0) is 4.50. The third-order valence-electron chi connectivity index (χ3n) is 0. The molecule has 0 spiro atoms. The Morgan fingerprint density at radius 2 is 1.14 bits per heavy atom. The molecule has 4 nitrogen and oxygen atoms in total. The molecule has 0 heterocycles. The molecule has 0 aliphatic carbocycles. The molecule has 0 saturated heterocycles. The van der Waals surface area contributed by atoms with Gasteiger partial charge in [-0.15, -0.1) is 0 Å². The third-order valence-corrected chi connectivity index (χ3v) is 0. The van der Waals surface area contributed by atoms with E-state index in [0.717, 1.165) is 0 Å². The average Bonchev–Trinajstić information content (AvgIpc) is 0.722. The van der Waals surface area contributed by atoms with Crippen LogP contribution in [0.1, 0.15) is 0 Å². The maximum atomic E-state index is 8.63. The van der Waals surface area contributed by atoms with Crippen LogP contribution in [0.25, 0.3) is 0 Å². The summed E-state index contributed by atoms with van der Waals surface area (Å²) in [6.07, 6.45) is 0. The van der Waals surface area contributed by atoms with Gasteiger partial charge in [0.2, 0.25) is 0 Å². The van der Waals surface area contributed by atoms with Gasteiger partial charge < -0.3 is 0 Å². The molecule has 0 N–H and O–H groups in total. The van der Waals surface area contributed by atoms with E-state index in [1.165, 1.54) is 0 Å². The molecule has 7 heavy (non-hydrogen) atoms. The maximum Gasteiger partial charge on any atom is 2.00 e. The Labute approximate surface area is 89.2 Å². The van der Waals surface area contributed by atoms with Gasteiger partial charge in [-0.2, -0.15) is 0 Å². The number of rotatable bonds is 0. The van der Waals surface area contributed by atoms with Crippen molar-refractivity contribution in [1.29, 1.82) is 0 Å². The predicted octanol–water partition coefficient (Wildman–Crippen LogP) is -3.38. The Balaban J connectivity index is -0.0000000800. The van der Waals surface area contributed by atoms with Crippen molar-refractivity contribution in [3.8, 4) is 0 Å². The van der Waals surface area contributed by atoms with E-state index in [0.29, 0.717) is 0 Å². The van der Waals surface area contributed by atoms with Gasteiger partial charge in [0.05, 0.1) is 0 Å². The molecule has 0 atom stereocenters. The van der Waals surface area contributed by atoms with Crippen LogP contribution in [0.3, 0.4) is 0 Å². The van der Waals surface area contributed by atoms with Crippen molar-refractivity contribution in [3.63, 3.8) is 0 Å². The van der Waals surface area contributed by atoms with Gasteiger partial charge in [0, 0.05) is 21.1 Å². The summed E-state index contributed by atoms with van der Waals surface area (Å²) in [5.74, 6) is 0. The van der Waals surface area contributed by atoms with Crippen molar-refractivity contribution in [2.24, 2.45) is 0 Å². The first-order valence-corrected chi connectivity index (χ1v) is 4.47. The van der Waals surface area contributed by atoms with Crippen LogP contribution in [-0.4, -0.2) is 56.7 Å². The smallest absolute Gasteiger partial charge is 0 e. The molecule has 0 fully saturated rings. The topological polar surface area (TPSA) is 80.3 Å². The molecule has 0 aromatic heterocycles. The molecular weight excluding hydrogens is 416 g/mol. The summed E-state index contributed by atoms with van der Waals surface area (Å²) < 4.78 is 34.5. The second-order valence-corrected chi connectivity index (χ2v) is 2.74. The minimum atomic E-state index is -6.02. The van der Waals surface area contributed by atoms with Crippen LogP contribution in [0.4, 0.5) is 0 Å². The normalized spacial score (nSPS) is 8.29. The Kier molecular flexibility index (Phi) is 14.7. The van der Waals surface area contributed by atoms with Crippen LogP contribution in [-0.2, 0) is 27.3 Å². The van der Waals surface area contributed by atoms with Crippen LogP contribution < -0.4 is 6.94 Å². The van der Waals surface area contributed by atoms with Gasteiger partial charge in [0.25, 0.3) is 0 Å². The summed E-state index contributed by atoms with van der Waals surface area (Å²) in [4.78, 5) is 0. The van der Waals surface area contributed by atoms with E-state index < -0.39 is 19.0 Å². The summed E-state index contributed by atoms with van der Waals surface area (Å²) in [6, 6.07) is 0. The van der Waals surface area contributed by atoms with Gasteiger partial charge in [-0.3, -0.25) is 0 Å². The van der Waals surface area contributed by atoms with Crippen LogP contribution in [0.2, 0.25) is 0 Å². The predicted molar refractivity (Wildman–Crippen MR) is 12.9 cm³/mol. The maximum absolute atomic E-state index is 8.63. The molecule has 0 saturated carbocycles. The second kappa shape index (κ2) is 6.38. The van der Waals surface area contributed by atoms with Gasteiger partial charge in [-0.1, -0.05) is 0 Å². The van der Waals surface area contributed by atoms with E-state index in [2.05, 4.69) is 0 Å². The Morgan fingerprint density at radius 3 is 1.14 bits per heavy atom. The van der Waals surface area contributed by atoms with E-state index in [-0.39, 0.29) is 58.8 Å². The zero-order valence-electron chi connectivity index (χ0n) is 3.16. The summed E-state index contributed by atoms with van der Waals surface area (Å²) in [5.41, 5.74) is 0. The standard InChI is InChI=1S/Ca.H2O4Te.W/c;1-5(2,3)4;/h;(H2,1,2,3,4);/q+2;;/p-2. The third kappa shape index (κ3) is 63.4. The van der Waals surface area contributed by atoms with Crippen LogP contribution in [0.15, 0.2) is 0 Å². The van der Waals surface area contributed by atoms with Crippen molar-refractivity contribution in [2.45, 2.75) is 0 Å². The molecule has 0 aromatic carbocycles. The largest absolute Gasteiger partial charge is 2.00 e. The fourth-order valence-electron chi connectivity index (χ4n) is 0. The molecule has 0 aliphatic heterocycles. The van der Waals surface area contributed by atoms with Crippen molar-refractivity contribution in [1.82, 2.24) is 0 Å².